The molecule has 0 bridgehead atoms. The maximum atomic E-state index is 12.4. The summed E-state index contributed by atoms with van der Waals surface area (Å²) in [4.78, 5) is 32.5. The maximum Gasteiger partial charge on any atom is 0.272 e. The van der Waals surface area contributed by atoms with E-state index in [2.05, 4.69) is 15.3 Å². The summed E-state index contributed by atoms with van der Waals surface area (Å²) in [7, 11) is 1.79. The standard InChI is InChI=1S/C18H15ClN4O2/c1-23-9-3-6-15(23)17(25)21-13-5-2-4-12(10-13)16(24)11-14-7-8-20-18(19)22-14/h2-10H,11H2,1H3,(H,21,25). The van der Waals surface area contributed by atoms with E-state index in [9.17, 15) is 9.59 Å². The number of hydrogen-bond acceptors (Lipinski definition) is 4. The van der Waals surface area contributed by atoms with Gasteiger partial charge in [0.05, 0.1) is 12.1 Å². The van der Waals surface area contributed by atoms with Gasteiger partial charge in [-0.2, -0.15) is 0 Å². The van der Waals surface area contributed by atoms with E-state index in [-0.39, 0.29) is 23.4 Å². The van der Waals surface area contributed by atoms with Crippen molar-refractivity contribution in [3.63, 3.8) is 0 Å². The molecule has 0 saturated heterocycles. The van der Waals surface area contributed by atoms with Crippen molar-refractivity contribution in [1.82, 2.24) is 14.5 Å². The topological polar surface area (TPSA) is 76.9 Å². The molecule has 0 aliphatic heterocycles. The molecule has 0 aliphatic rings. The zero-order valence-electron chi connectivity index (χ0n) is 13.4. The molecule has 0 aliphatic carbocycles. The van der Waals surface area contributed by atoms with Crippen molar-refractivity contribution < 1.29 is 9.59 Å². The van der Waals surface area contributed by atoms with E-state index in [0.29, 0.717) is 22.6 Å². The number of amides is 1. The van der Waals surface area contributed by atoms with Gasteiger partial charge in [-0.1, -0.05) is 12.1 Å². The van der Waals surface area contributed by atoms with Crippen molar-refractivity contribution in [1.29, 1.82) is 0 Å². The third-order valence-corrected chi connectivity index (χ3v) is 3.83. The molecule has 1 aromatic carbocycles. The Hall–Kier alpha value is -2.99. The number of rotatable bonds is 5. The Bertz CT molecular complexity index is 936. The van der Waals surface area contributed by atoms with E-state index in [0.717, 1.165) is 0 Å². The van der Waals surface area contributed by atoms with Crippen molar-refractivity contribution in [2.75, 3.05) is 5.32 Å². The first-order valence-electron chi connectivity index (χ1n) is 7.56. The van der Waals surface area contributed by atoms with Crippen molar-refractivity contribution in [3.8, 4) is 0 Å². The van der Waals surface area contributed by atoms with Gasteiger partial charge in [0.2, 0.25) is 5.28 Å². The van der Waals surface area contributed by atoms with Crippen LogP contribution in [0.5, 0.6) is 0 Å². The fourth-order valence-corrected chi connectivity index (χ4v) is 2.56. The van der Waals surface area contributed by atoms with Crippen LogP contribution in [-0.4, -0.2) is 26.2 Å². The Morgan fingerprint density at radius 1 is 1.20 bits per heavy atom. The lowest BCUT2D eigenvalue weighted by Crippen LogP contribution is -2.15. The predicted molar refractivity (Wildman–Crippen MR) is 94.9 cm³/mol. The third kappa shape index (κ3) is 4.10. The van der Waals surface area contributed by atoms with Gasteiger partial charge >= 0.3 is 0 Å². The fraction of sp³-hybridized carbons (Fsp3) is 0.111. The van der Waals surface area contributed by atoms with Crippen molar-refractivity contribution in [2.24, 2.45) is 7.05 Å². The van der Waals surface area contributed by atoms with Gasteiger partial charge in [0.1, 0.15) is 5.69 Å². The minimum atomic E-state index is -0.236. The second kappa shape index (κ2) is 7.27. The van der Waals surface area contributed by atoms with E-state index in [1.165, 1.54) is 6.20 Å². The molecule has 3 rings (SSSR count). The molecule has 0 fully saturated rings. The zero-order valence-corrected chi connectivity index (χ0v) is 14.2. The number of aromatic nitrogens is 3. The molecule has 7 heteroatoms. The highest BCUT2D eigenvalue weighted by Gasteiger charge is 2.12. The quantitative estimate of drug-likeness (QED) is 0.564. The molecular formula is C18H15ClN4O2. The highest BCUT2D eigenvalue weighted by molar-refractivity contribution is 6.28. The van der Waals surface area contributed by atoms with Crippen LogP contribution in [0.2, 0.25) is 5.28 Å². The Labute approximate surface area is 149 Å². The number of carbonyl (C=O) groups excluding carboxylic acids is 2. The third-order valence-electron chi connectivity index (χ3n) is 3.64. The normalized spacial score (nSPS) is 10.5. The van der Waals surface area contributed by atoms with Gasteiger partial charge < -0.3 is 9.88 Å². The van der Waals surface area contributed by atoms with Crippen LogP contribution in [-0.2, 0) is 13.5 Å². The highest BCUT2D eigenvalue weighted by atomic mass is 35.5. The zero-order chi connectivity index (χ0) is 17.8. The number of nitrogens with one attached hydrogen (secondary N) is 1. The first kappa shape index (κ1) is 16.9. The molecular weight excluding hydrogens is 340 g/mol. The second-order valence-corrected chi connectivity index (χ2v) is 5.79. The molecule has 1 N–H and O–H groups in total. The number of carbonyl (C=O) groups is 2. The van der Waals surface area contributed by atoms with Gasteiger partial charge in [-0.15, -0.1) is 0 Å². The summed E-state index contributed by atoms with van der Waals surface area (Å²) < 4.78 is 1.73. The largest absolute Gasteiger partial charge is 0.347 e. The van der Waals surface area contributed by atoms with Crippen LogP contribution in [0.4, 0.5) is 5.69 Å². The Balaban J connectivity index is 1.74. The lowest BCUT2D eigenvalue weighted by Gasteiger charge is -2.08. The van der Waals surface area contributed by atoms with Crippen molar-refractivity contribution in [3.05, 3.63) is 77.1 Å². The van der Waals surface area contributed by atoms with Crippen LogP contribution < -0.4 is 5.32 Å². The molecule has 0 unspecified atom stereocenters. The minimum Gasteiger partial charge on any atom is -0.347 e. The van der Waals surface area contributed by atoms with Gasteiger partial charge in [-0.05, 0) is 41.9 Å². The minimum absolute atomic E-state index is 0.105. The molecule has 3 aromatic rings. The summed E-state index contributed by atoms with van der Waals surface area (Å²) in [6, 6.07) is 12.0. The number of hydrogen-bond donors (Lipinski definition) is 1. The number of nitrogens with zero attached hydrogens (tertiary/aromatic N) is 3. The van der Waals surface area contributed by atoms with E-state index in [1.54, 1.807) is 60.3 Å². The van der Waals surface area contributed by atoms with Crippen molar-refractivity contribution in [2.45, 2.75) is 6.42 Å². The fourth-order valence-electron chi connectivity index (χ4n) is 2.40. The molecule has 25 heavy (non-hydrogen) atoms. The van der Waals surface area contributed by atoms with E-state index in [1.807, 2.05) is 0 Å². The molecule has 2 aromatic heterocycles. The first-order valence-corrected chi connectivity index (χ1v) is 7.94. The average Bonchev–Trinajstić information content (AvgIpc) is 3.01. The summed E-state index contributed by atoms with van der Waals surface area (Å²) in [6.45, 7) is 0. The van der Waals surface area contributed by atoms with E-state index in [4.69, 9.17) is 11.6 Å². The van der Waals surface area contributed by atoms with Gasteiger partial charge in [0, 0.05) is 30.7 Å². The Kier molecular flexibility index (Phi) is 4.90. The van der Waals surface area contributed by atoms with Crippen LogP contribution in [0.15, 0.2) is 54.9 Å². The molecule has 0 saturated carbocycles. The number of halogens is 1. The number of ketones is 1. The molecule has 0 atom stereocenters. The predicted octanol–water partition coefficient (Wildman–Crippen LogP) is 3.15. The number of Topliss-reactive ketones (excluding diaryl/α,β-unsaturated/α-hetero) is 1. The lowest BCUT2D eigenvalue weighted by molar-refractivity contribution is 0.0988. The highest BCUT2D eigenvalue weighted by Crippen LogP contribution is 2.15. The van der Waals surface area contributed by atoms with Gasteiger partial charge in [0.15, 0.2) is 5.78 Å². The Morgan fingerprint density at radius 3 is 2.76 bits per heavy atom. The second-order valence-electron chi connectivity index (χ2n) is 5.46. The molecule has 0 radical (unpaired) electrons. The lowest BCUT2D eigenvalue weighted by atomic mass is 10.1. The van der Waals surface area contributed by atoms with Crippen LogP contribution >= 0.6 is 11.6 Å². The number of benzene rings is 1. The van der Waals surface area contributed by atoms with Gasteiger partial charge in [0.25, 0.3) is 5.91 Å². The monoisotopic (exact) mass is 354 g/mol. The van der Waals surface area contributed by atoms with Crippen molar-refractivity contribution >= 4 is 29.0 Å². The number of anilines is 1. The summed E-state index contributed by atoms with van der Waals surface area (Å²) in [5.74, 6) is -0.357. The molecule has 1 amide bonds. The number of aryl methyl sites for hydroxylation is 1. The molecule has 0 spiro atoms. The maximum absolute atomic E-state index is 12.4. The molecule has 2 heterocycles. The molecule has 126 valence electrons. The Morgan fingerprint density at radius 2 is 2.04 bits per heavy atom. The van der Waals surface area contributed by atoms with Gasteiger partial charge in [-0.25, -0.2) is 9.97 Å². The summed E-state index contributed by atoms with van der Waals surface area (Å²) in [5, 5.41) is 2.90. The van der Waals surface area contributed by atoms with Crippen LogP contribution in [0, 0.1) is 0 Å². The average molecular weight is 355 g/mol. The molecule has 6 nitrogen and oxygen atoms in total. The SMILES string of the molecule is Cn1cccc1C(=O)Nc1cccc(C(=O)Cc2ccnc(Cl)n2)c1. The smallest absolute Gasteiger partial charge is 0.272 e. The van der Waals surface area contributed by atoms with E-state index >= 15 is 0 Å². The summed E-state index contributed by atoms with van der Waals surface area (Å²) in [5.41, 5.74) is 2.12. The van der Waals surface area contributed by atoms with E-state index < -0.39 is 0 Å². The van der Waals surface area contributed by atoms with Crippen LogP contribution in [0.3, 0.4) is 0 Å². The van der Waals surface area contributed by atoms with Crippen LogP contribution in [0.25, 0.3) is 0 Å². The summed E-state index contributed by atoms with van der Waals surface area (Å²) >= 11 is 5.74. The summed E-state index contributed by atoms with van der Waals surface area (Å²) in [6.07, 6.45) is 3.41. The van der Waals surface area contributed by atoms with Crippen LogP contribution in [0.1, 0.15) is 26.5 Å². The van der Waals surface area contributed by atoms with Gasteiger partial charge in [-0.3, -0.25) is 9.59 Å². The first-order chi connectivity index (χ1) is 12.0.